The lowest BCUT2D eigenvalue weighted by Gasteiger charge is -2.15. The molecular formula is C19H16N2O6S. The van der Waals surface area contributed by atoms with Gasteiger partial charge in [0.25, 0.3) is 0 Å². The minimum atomic E-state index is -1.15. The van der Waals surface area contributed by atoms with E-state index in [1.807, 2.05) is 0 Å². The molecule has 0 spiro atoms. The molecule has 28 heavy (non-hydrogen) atoms. The van der Waals surface area contributed by atoms with Gasteiger partial charge < -0.3 is 9.84 Å². The second kappa shape index (κ2) is 8.22. The number of nitrogens with zero attached hydrogens (tertiary/aromatic N) is 2. The van der Waals surface area contributed by atoms with Crippen molar-refractivity contribution in [1.29, 1.82) is 0 Å². The first-order valence-corrected chi connectivity index (χ1v) is 9.29. The fourth-order valence-electron chi connectivity index (χ4n) is 2.71. The number of ether oxygens (including phenoxy) is 1. The summed E-state index contributed by atoms with van der Waals surface area (Å²) in [5.74, 6) is -2.50. The summed E-state index contributed by atoms with van der Waals surface area (Å²) in [6.45, 7) is 1.94. The molecule has 3 rings (SSSR count). The van der Waals surface area contributed by atoms with Gasteiger partial charge in [-0.3, -0.25) is 9.59 Å². The van der Waals surface area contributed by atoms with Crippen LogP contribution in [-0.2, 0) is 14.3 Å². The Hall–Kier alpha value is -3.20. The van der Waals surface area contributed by atoms with E-state index in [9.17, 15) is 24.3 Å². The smallest absolute Gasteiger partial charge is 0.338 e. The van der Waals surface area contributed by atoms with Gasteiger partial charge in [-0.25, -0.2) is 19.5 Å². The van der Waals surface area contributed by atoms with Crippen molar-refractivity contribution < 1.29 is 29.0 Å². The number of carbonyl (C=O) groups is 4. The summed E-state index contributed by atoms with van der Waals surface area (Å²) in [6.07, 6.45) is 1.36. The first kappa shape index (κ1) is 19.6. The normalized spacial score (nSPS) is 16.3. The van der Waals surface area contributed by atoms with Gasteiger partial charge in [0.2, 0.25) is 11.8 Å². The first-order valence-electron chi connectivity index (χ1n) is 8.41. The Labute approximate surface area is 164 Å². The lowest BCUT2D eigenvalue weighted by Crippen LogP contribution is -2.31. The summed E-state index contributed by atoms with van der Waals surface area (Å²) >= 11 is 0.953. The summed E-state index contributed by atoms with van der Waals surface area (Å²) in [5, 5.41) is 8.65. The van der Waals surface area contributed by atoms with Crippen LogP contribution >= 0.6 is 11.8 Å². The van der Waals surface area contributed by atoms with Crippen LogP contribution in [0, 0.1) is 0 Å². The number of aromatic nitrogens is 1. The minimum absolute atomic E-state index is 0.0232. The number of hydrogen-bond donors (Lipinski definition) is 1. The zero-order valence-electron chi connectivity index (χ0n) is 14.8. The molecule has 1 aliphatic heterocycles. The summed E-state index contributed by atoms with van der Waals surface area (Å²) < 4.78 is 4.90. The second-order valence-corrected chi connectivity index (χ2v) is 7.00. The minimum Gasteiger partial charge on any atom is -0.478 e. The van der Waals surface area contributed by atoms with E-state index in [-0.39, 0.29) is 23.6 Å². The van der Waals surface area contributed by atoms with E-state index < -0.39 is 29.0 Å². The maximum absolute atomic E-state index is 12.7. The van der Waals surface area contributed by atoms with E-state index in [0.29, 0.717) is 11.3 Å². The van der Waals surface area contributed by atoms with Crippen molar-refractivity contribution in [2.45, 2.75) is 23.6 Å². The molecule has 8 nitrogen and oxygen atoms in total. The van der Waals surface area contributed by atoms with Gasteiger partial charge in [0.05, 0.1) is 28.7 Å². The quantitative estimate of drug-likeness (QED) is 0.581. The lowest BCUT2D eigenvalue weighted by atomic mass is 10.2. The molecular weight excluding hydrogens is 384 g/mol. The largest absolute Gasteiger partial charge is 0.478 e. The number of benzene rings is 1. The van der Waals surface area contributed by atoms with E-state index in [2.05, 4.69) is 4.98 Å². The van der Waals surface area contributed by atoms with Crippen molar-refractivity contribution in [2.24, 2.45) is 0 Å². The monoisotopic (exact) mass is 400 g/mol. The molecule has 1 atom stereocenters. The highest BCUT2D eigenvalue weighted by Crippen LogP contribution is 2.34. The average Bonchev–Trinajstić information content (AvgIpc) is 2.95. The van der Waals surface area contributed by atoms with Gasteiger partial charge >= 0.3 is 11.9 Å². The van der Waals surface area contributed by atoms with E-state index in [1.54, 1.807) is 6.92 Å². The Morgan fingerprint density at radius 2 is 1.96 bits per heavy atom. The van der Waals surface area contributed by atoms with Gasteiger partial charge in [0, 0.05) is 12.6 Å². The number of aromatic carboxylic acids is 1. The molecule has 1 aromatic carbocycles. The Bertz CT molecular complexity index is 944. The molecule has 0 unspecified atom stereocenters. The molecule has 144 valence electrons. The molecule has 2 amide bonds. The maximum Gasteiger partial charge on any atom is 0.338 e. The van der Waals surface area contributed by atoms with Gasteiger partial charge in [0.15, 0.2) is 0 Å². The maximum atomic E-state index is 12.7. The van der Waals surface area contributed by atoms with Crippen LogP contribution in [0.15, 0.2) is 47.6 Å². The SMILES string of the molecule is CCOC(=O)c1ccc(N2C(=O)C[C@@H](Sc3ncccc3C(=O)O)C2=O)cc1. The number of carboxylic acid groups (broad SMARTS) is 1. The van der Waals surface area contributed by atoms with Crippen molar-refractivity contribution in [3.63, 3.8) is 0 Å². The summed E-state index contributed by atoms with van der Waals surface area (Å²) in [4.78, 5) is 53.2. The van der Waals surface area contributed by atoms with Crippen LogP contribution in [0.4, 0.5) is 5.69 Å². The van der Waals surface area contributed by atoms with Gasteiger partial charge in [-0.2, -0.15) is 0 Å². The molecule has 9 heteroatoms. The molecule has 0 aliphatic carbocycles. The molecule has 1 aliphatic rings. The Balaban J connectivity index is 1.79. The van der Waals surface area contributed by atoms with E-state index in [1.165, 1.54) is 42.6 Å². The topological polar surface area (TPSA) is 114 Å². The number of carbonyl (C=O) groups excluding carboxylic acids is 3. The number of pyridine rings is 1. The number of esters is 1. The zero-order chi connectivity index (χ0) is 20.3. The summed E-state index contributed by atoms with van der Waals surface area (Å²) in [6, 6.07) is 8.85. The number of thioether (sulfide) groups is 1. The highest BCUT2D eigenvalue weighted by atomic mass is 32.2. The van der Waals surface area contributed by atoms with Crippen molar-refractivity contribution in [2.75, 3.05) is 11.5 Å². The fourth-order valence-corrected chi connectivity index (χ4v) is 3.82. The van der Waals surface area contributed by atoms with Crippen LogP contribution in [0.25, 0.3) is 0 Å². The first-order chi connectivity index (χ1) is 13.4. The number of carboxylic acids is 1. The van der Waals surface area contributed by atoms with Gasteiger partial charge in [0.1, 0.15) is 5.03 Å². The molecule has 0 bridgehead atoms. The van der Waals surface area contributed by atoms with Gasteiger partial charge in [-0.1, -0.05) is 11.8 Å². The van der Waals surface area contributed by atoms with Gasteiger partial charge in [-0.15, -0.1) is 0 Å². The Kier molecular flexibility index (Phi) is 5.74. The summed E-state index contributed by atoms with van der Waals surface area (Å²) in [7, 11) is 0. The number of amides is 2. The van der Waals surface area contributed by atoms with E-state index >= 15 is 0 Å². The van der Waals surface area contributed by atoms with Crippen LogP contribution in [0.3, 0.4) is 0 Å². The molecule has 1 fully saturated rings. The highest BCUT2D eigenvalue weighted by Gasteiger charge is 2.41. The summed E-state index contributed by atoms with van der Waals surface area (Å²) in [5.41, 5.74) is 0.630. The Morgan fingerprint density at radius 3 is 2.61 bits per heavy atom. The third kappa shape index (κ3) is 3.89. The number of imide groups is 1. The molecule has 0 saturated carbocycles. The molecule has 0 radical (unpaired) electrons. The molecule has 1 N–H and O–H groups in total. The standard InChI is InChI=1S/C19H16N2O6S/c1-2-27-19(26)11-5-7-12(8-6-11)21-15(22)10-14(17(21)23)28-16-13(18(24)25)4-3-9-20-16/h3-9,14H,2,10H2,1H3,(H,24,25)/t14-/m1/s1. The van der Waals surface area contributed by atoms with E-state index in [4.69, 9.17) is 4.74 Å². The predicted octanol–water partition coefficient (Wildman–Crippen LogP) is 2.38. The molecule has 2 heterocycles. The number of anilines is 1. The number of rotatable bonds is 6. The van der Waals surface area contributed by atoms with Crippen molar-refractivity contribution in [3.8, 4) is 0 Å². The lowest BCUT2D eigenvalue weighted by molar-refractivity contribution is -0.121. The van der Waals surface area contributed by atoms with Gasteiger partial charge in [-0.05, 0) is 43.3 Å². The van der Waals surface area contributed by atoms with Crippen molar-refractivity contribution in [3.05, 3.63) is 53.7 Å². The van der Waals surface area contributed by atoms with Crippen LogP contribution < -0.4 is 4.90 Å². The van der Waals surface area contributed by atoms with Crippen LogP contribution in [0.2, 0.25) is 0 Å². The van der Waals surface area contributed by atoms with Crippen LogP contribution in [0.5, 0.6) is 0 Å². The van der Waals surface area contributed by atoms with Crippen molar-refractivity contribution in [1.82, 2.24) is 4.98 Å². The third-order valence-electron chi connectivity index (χ3n) is 4.00. The van der Waals surface area contributed by atoms with E-state index in [0.717, 1.165) is 16.7 Å². The highest BCUT2D eigenvalue weighted by molar-refractivity contribution is 8.00. The molecule has 2 aromatic rings. The van der Waals surface area contributed by atoms with Crippen LogP contribution in [-0.4, -0.2) is 45.7 Å². The molecule has 1 aromatic heterocycles. The third-order valence-corrected chi connectivity index (χ3v) is 5.20. The molecule has 1 saturated heterocycles. The van der Waals surface area contributed by atoms with Crippen LogP contribution in [0.1, 0.15) is 34.1 Å². The fraction of sp³-hybridized carbons (Fsp3) is 0.211. The zero-order valence-corrected chi connectivity index (χ0v) is 15.6. The average molecular weight is 400 g/mol. The predicted molar refractivity (Wildman–Crippen MR) is 100 cm³/mol. The Morgan fingerprint density at radius 1 is 1.25 bits per heavy atom. The number of hydrogen-bond acceptors (Lipinski definition) is 7. The second-order valence-electron chi connectivity index (χ2n) is 5.81. The van der Waals surface area contributed by atoms with Crippen molar-refractivity contribution >= 4 is 41.2 Å².